The van der Waals surface area contributed by atoms with Crippen LogP contribution in [0, 0.1) is 0 Å². The van der Waals surface area contributed by atoms with E-state index in [-0.39, 0.29) is 24.5 Å². The fraction of sp³-hybridized carbons (Fsp3) is 0.872. The van der Waals surface area contributed by atoms with E-state index in [9.17, 15) is 14.4 Å². The van der Waals surface area contributed by atoms with Crippen LogP contribution in [0.15, 0.2) is 12.2 Å². The summed E-state index contributed by atoms with van der Waals surface area (Å²) in [5.41, 5.74) is 0. The third-order valence-electron chi connectivity index (χ3n) is 8.69. The van der Waals surface area contributed by atoms with Crippen molar-refractivity contribution in [3.63, 3.8) is 0 Å². The summed E-state index contributed by atoms with van der Waals surface area (Å²) in [5, 5.41) is 11.1. The number of rotatable bonds is 35. The highest BCUT2D eigenvalue weighted by Gasteiger charge is 2.14. The highest BCUT2D eigenvalue weighted by molar-refractivity contribution is 5.80. The van der Waals surface area contributed by atoms with E-state index in [0.717, 1.165) is 64.2 Å². The van der Waals surface area contributed by atoms with Crippen LogP contribution in [0.4, 0.5) is 0 Å². The fourth-order valence-corrected chi connectivity index (χ4v) is 5.80. The van der Waals surface area contributed by atoms with Gasteiger partial charge < -0.3 is 15.2 Å². The molecule has 1 unspecified atom stereocenters. The molecule has 0 aliphatic heterocycles. The Morgan fingerprint density at radius 3 is 1.42 bits per heavy atom. The summed E-state index contributed by atoms with van der Waals surface area (Å²) < 4.78 is 5.99. The highest BCUT2D eigenvalue weighted by Crippen LogP contribution is 2.19. The molecule has 0 radical (unpaired) electrons. The van der Waals surface area contributed by atoms with Crippen molar-refractivity contribution in [2.75, 3.05) is 6.54 Å². The number of hydrogen-bond acceptors (Lipinski definition) is 4. The van der Waals surface area contributed by atoms with Crippen molar-refractivity contribution in [1.82, 2.24) is 5.32 Å². The first kappa shape index (κ1) is 43.1. The molecule has 0 rings (SSSR count). The van der Waals surface area contributed by atoms with E-state index in [0.29, 0.717) is 12.8 Å². The summed E-state index contributed by atoms with van der Waals surface area (Å²) in [6.45, 7) is 4.21. The largest absolute Gasteiger partial charge is 0.480 e. The van der Waals surface area contributed by atoms with Gasteiger partial charge in [0.05, 0.1) is 0 Å². The predicted octanol–water partition coefficient (Wildman–Crippen LogP) is 11.4. The minimum atomic E-state index is -1.02. The minimum Gasteiger partial charge on any atom is -0.480 e. The van der Waals surface area contributed by atoms with E-state index < -0.39 is 5.97 Å². The summed E-state index contributed by atoms with van der Waals surface area (Å²) in [4.78, 5) is 34.8. The molecule has 1 amide bonds. The van der Waals surface area contributed by atoms with E-state index in [4.69, 9.17) is 9.84 Å². The van der Waals surface area contributed by atoms with Gasteiger partial charge in [0, 0.05) is 12.8 Å². The van der Waals surface area contributed by atoms with Crippen molar-refractivity contribution in [2.24, 2.45) is 0 Å². The Morgan fingerprint density at radius 2 is 0.956 bits per heavy atom. The number of esters is 1. The average molecular weight is 636 g/mol. The van der Waals surface area contributed by atoms with Crippen molar-refractivity contribution in [3.8, 4) is 0 Å². The third kappa shape index (κ3) is 34.9. The summed E-state index contributed by atoms with van der Waals surface area (Å²) in [5.74, 6) is -1.23. The standard InChI is InChI=1S/C39H73NO5/c1-3-5-7-9-11-13-14-15-16-17-18-19-21-26-30-34-39(44)45-36(31-27-23-20-12-10-8-6-4-2)32-28-24-22-25-29-33-37(41)40-35-38(42)43/h15-16,36H,3-14,17-35H2,1-2H3,(H,40,41)(H,42,43)/b16-15-. The molecule has 0 spiro atoms. The molecule has 0 aromatic carbocycles. The first-order chi connectivity index (χ1) is 22.0. The maximum atomic E-state index is 12.7. The molecule has 0 aliphatic rings. The number of ether oxygens (including phenoxy) is 1. The number of aliphatic carboxylic acids is 1. The van der Waals surface area contributed by atoms with Crippen LogP contribution in [0.25, 0.3) is 0 Å². The predicted molar refractivity (Wildman–Crippen MR) is 190 cm³/mol. The van der Waals surface area contributed by atoms with Crippen molar-refractivity contribution >= 4 is 17.8 Å². The second kappa shape index (κ2) is 35.0. The topological polar surface area (TPSA) is 92.7 Å². The second-order valence-electron chi connectivity index (χ2n) is 13.2. The van der Waals surface area contributed by atoms with Gasteiger partial charge in [-0.3, -0.25) is 14.4 Å². The lowest BCUT2D eigenvalue weighted by molar-refractivity contribution is -0.150. The molecule has 0 aliphatic carbocycles. The Hall–Kier alpha value is -1.85. The van der Waals surface area contributed by atoms with Crippen LogP contribution in [0.5, 0.6) is 0 Å². The second-order valence-corrected chi connectivity index (χ2v) is 13.2. The van der Waals surface area contributed by atoms with Gasteiger partial charge in [-0.2, -0.15) is 0 Å². The van der Waals surface area contributed by atoms with Gasteiger partial charge >= 0.3 is 11.9 Å². The molecule has 2 N–H and O–H groups in total. The lowest BCUT2D eigenvalue weighted by Gasteiger charge is -2.18. The molecular formula is C39H73NO5. The summed E-state index contributed by atoms with van der Waals surface area (Å²) >= 11 is 0. The van der Waals surface area contributed by atoms with E-state index in [2.05, 4.69) is 31.3 Å². The number of unbranched alkanes of at least 4 members (excludes halogenated alkanes) is 22. The minimum absolute atomic E-state index is 0.0235. The molecular weight excluding hydrogens is 562 g/mol. The van der Waals surface area contributed by atoms with Crippen LogP contribution in [0.1, 0.15) is 206 Å². The number of carbonyl (C=O) groups excluding carboxylic acids is 2. The molecule has 0 aromatic rings. The van der Waals surface area contributed by atoms with Gasteiger partial charge in [0.1, 0.15) is 12.6 Å². The number of allylic oxidation sites excluding steroid dienone is 2. The van der Waals surface area contributed by atoms with Gasteiger partial charge in [-0.05, 0) is 64.2 Å². The van der Waals surface area contributed by atoms with Gasteiger partial charge in [0.25, 0.3) is 0 Å². The number of hydrogen-bond donors (Lipinski definition) is 2. The normalized spacial score (nSPS) is 12.0. The van der Waals surface area contributed by atoms with Gasteiger partial charge in [0.2, 0.25) is 5.91 Å². The van der Waals surface area contributed by atoms with Crippen molar-refractivity contribution in [3.05, 3.63) is 12.2 Å². The number of carbonyl (C=O) groups is 3. The SMILES string of the molecule is CCCCCCCC/C=C\CCCCCCCC(=O)OC(CCCCCCCCCC)CCCCCCCC(=O)NCC(=O)O. The molecule has 0 saturated carbocycles. The van der Waals surface area contributed by atoms with Gasteiger partial charge in [0.15, 0.2) is 0 Å². The summed E-state index contributed by atoms with van der Waals surface area (Å²) in [7, 11) is 0. The number of carboxylic acids is 1. The quantitative estimate of drug-likeness (QED) is 0.0410. The third-order valence-corrected chi connectivity index (χ3v) is 8.69. The number of amides is 1. The lowest BCUT2D eigenvalue weighted by Crippen LogP contribution is -2.28. The molecule has 6 heteroatoms. The fourth-order valence-electron chi connectivity index (χ4n) is 5.80. The van der Waals surface area contributed by atoms with Crippen LogP contribution in [-0.4, -0.2) is 35.6 Å². The molecule has 1 atom stereocenters. The Bertz CT molecular complexity index is 708. The molecule has 45 heavy (non-hydrogen) atoms. The van der Waals surface area contributed by atoms with Gasteiger partial charge in [-0.25, -0.2) is 0 Å². The highest BCUT2D eigenvalue weighted by atomic mass is 16.5. The lowest BCUT2D eigenvalue weighted by atomic mass is 10.0. The van der Waals surface area contributed by atoms with E-state index in [1.54, 1.807) is 0 Å². The van der Waals surface area contributed by atoms with Crippen LogP contribution < -0.4 is 5.32 Å². The van der Waals surface area contributed by atoms with Crippen LogP contribution in [0.2, 0.25) is 0 Å². The van der Waals surface area contributed by atoms with Crippen LogP contribution in [-0.2, 0) is 19.1 Å². The molecule has 0 fully saturated rings. The van der Waals surface area contributed by atoms with Crippen LogP contribution >= 0.6 is 0 Å². The smallest absolute Gasteiger partial charge is 0.322 e. The van der Waals surface area contributed by atoms with Crippen molar-refractivity contribution < 1.29 is 24.2 Å². The first-order valence-electron chi connectivity index (χ1n) is 19.3. The van der Waals surface area contributed by atoms with Gasteiger partial charge in [-0.1, -0.05) is 142 Å². The zero-order chi connectivity index (χ0) is 33.1. The van der Waals surface area contributed by atoms with E-state index in [1.165, 1.54) is 116 Å². The van der Waals surface area contributed by atoms with Gasteiger partial charge in [-0.15, -0.1) is 0 Å². The van der Waals surface area contributed by atoms with Crippen molar-refractivity contribution in [2.45, 2.75) is 213 Å². The first-order valence-corrected chi connectivity index (χ1v) is 19.3. The zero-order valence-electron chi connectivity index (χ0n) is 29.7. The van der Waals surface area contributed by atoms with Crippen LogP contribution in [0.3, 0.4) is 0 Å². The summed E-state index contributed by atoms with van der Waals surface area (Å²) in [6.07, 6.45) is 39.0. The van der Waals surface area contributed by atoms with Crippen molar-refractivity contribution in [1.29, 1.82) is 0 Å². The number of nitrogens with one attached hydrogen (secondary N) is 1. The zero-order valence-corrected chi connectivity index (χ0v) is 29.7. The number of carboxylic acid groups (broad SMARTS) is 1. The molecule has 6 nitrogen and oxygen atoms in total. The Balaban J connectivity index is 4.08. The Labute approximate surface area is 278 Å². The maximum Gasteiger partial charge on any atom is 0.322 e. The molecule has 264 valence electrons. The molecule has 0 heterocycles. The Morgan fingerprint density at radius 1 is 0.556 bits per heavy atom. The van der Waals surface area contributed by atoms with E-state index in [1.807, 2.05) is 0 Å². The average Bonchev–Trinajstić information content (AvgIpc) is 3.02. The maximum absolute atomic E-state index is 12.7. The molecule has 0 saturated heterocycles. The molecule has 0 aromatic heterocycles. The monoisotopic (exact) mass is 636 g/mol. The molecule has 0 bridgehead atoms. The van der Waals surface area contributed by atoms with E-state index >= 15 is 0 Å². The summed E-state index contributed by atoms with van der Waals surface area (Å²) in [6, 6.07) is 0. The Kier molecular flexibility index (Phi) is 33.6.